The minimum absolute atomic E-state index is 0.0694. The highest BCUT2D eigenvalue weighted by Crippen LogP contribution is 2.35. The lowest BCUT2D eigenvalue weighted by atomic mass is 9.85. The molecule has 0 radical (unpaired) electrons. The Labute approximate surface area is 147 Å². The van der Waals surface area contributed by atoms with Crippen LogP contribution in [0, 0.1) is 11.7 Å². The van der Waals surface area contributed by atoms with Gasteiger partial charge in [-0.25, -0.2) is 9.18 Å². The van der Waals surface area contributed by atoms with Gasteiger partial charge >= 0.3 is 6.03 Å². The summed E-state index contributed by atoms with van der Waals surface area (Å²) in [7, 11) is 0. The number of nitrogens with one attached hydrogen (secondary N) is 2. The normalized spacial score (nSPS) is 19.6. The van der Waals surface area contributed by atoms with Crippen LogP contribution >= 0.6 is 0 Å². The summed E-state index contributed by atoms with van der Waals surface area (Å²) in [6, 6.07) is 5.15. The molecule has 1 aliphatic carbocycles. The number of nitrogens with zero attached hydrogens (tertiary/aromatic N) is 1. The number of carbonyl (C=O) groups is 2. The van der Waals surface area contributed by atoms with E-state index in [1.165, 1.54) is 49.2 Å². The van der Waals surface area contributed by atoms with Crippen LogP contribution in [0.2, 0.25) is 0 Å². The van der Waals surface area contributed by atoms with E-state index >= 15 is 0 Å². The smallest absolute Gasteiger partial charge is 0.319 e. The summed E-state index contributed by atoms with van der Waals surface area (Å²) >= 11 is 0. The molecule has 1 aromatic carbocycles. The summed E-state index contributed by atoms with van der Waals surface area (Å²) in [5.41, 5.74) is 1.70. The Bertz CT molecular complexity index is 657. The van der Waals surface area contributed by atoms with Crippen LogP contribution in [0.4, 0.5) is 14.9 Å². The van der Waals surface area contributed by atoms with Crippen LogP contribution in [0.25, 0.3) is 0 Å². The van der Waals surface area contributed by atoms with Crippen molar-refractivity contribution in [3.05, 3.63) is 41.9 Å². The standard InChI is InChI=1S/C19H24FN3O2/c20-15-7-9-16(10-8-15)22-19(25)21-12-11-18(24)23-13-3-5-14-4-1-2-6-17(14)23/h6-10,14H,1-5,11-13H2,(H2,21,22,25). The van der Waals surface area contributed by atoms with Crippen molar-refractivity contribution >= 4 is 17.6 Å². The van der Waals surface area contributed by atoms with Gasteiger partial charge in [0.05, 0.1) is 0 Å². The van der Waals surface area contributed by atoms with Crippen molar-refractivity contribution in [1.82, 2.24) is 10.2 Å². The van der Waals surface area contributed by atoms with Crippen LogP contribution in [-0.2, 0) is 4.79 Å². The van der Waals surface area contributed by atoms with Gasteiger partial charge in [0, 0.05) is 30.9 Å². The molecule has 1 heterocycles. The van der Waals surface area contributed by atoms with E-state index in [2.05, 4.69) is 16.7 Å². The van der Waals surface area contributed by atoms with Crippen molar-refractivity contribution in [1.29, 1.82) is 0 Å². The van der Waals surface area contributed by atoms with E-state index in [0.717, 1.165) is 19.4 Å². The Morgan fingerprint density at radius 1 is 1.16 bits per heavy atom. The first-order valence-electron chi connectivity index (χ1n) is 8.94. The molecule has 3 rings (SSSR count). The highest BCUT2D eigenvalue weighted by molar-refractivity contribution is 5.89. The molecule has 0 bridgehead atoms. The van der Waals surface area contributed by atoms with Crippen molar-refractivity contribution in [2.75, 3.05) is 18.4 Å². The number of benzene rings is 1. The second kappa shape index (κ2) is 8.14. The Morgan fingerprint density at radius 3 is 2.72 bits per heavy atom. The number of allylic oxidation sites excluding steroid dienone is 2. The minimum Gasteiger partial charge on any atom is -0.337 e. The Kier molecular flexibility index (Phi) is 5.68. The van der Waals surface area contributed by atoms with Gasteiger partial charge in [0.1, 0.15) is 5.82 Å². The quantitative estimate of drug-likeness (QED) is 0.875. The van der Waals surface area contributed by atoms with Gasteiger partial charge in [0.25, 0.3) is 0 Å². The SMILES string of the molecule is O=C(NCCC(=O)N1CCCC2CCCC=C21)Nc1ccc(F)cc1. The third-order valence-corrected chi connectivity index (χ3v) is 4.80. The molecule has 5 nitrogen and oxygen atoms in total. The molecule has 1 fully saturated rings. The number of rotatable bonds is 4. The number of carbonyl (C=O) groups excluding carboxylic acids is 2. The van der Waals surface area contributed by atoms with E-state index in [1.807, 2.05) is 4.90 Å². The largest absolute Gasteiger partial charge is 0.337 e. The molecule has 1 atom stereocenters. The van der Waals surface area contributed by atoms with E-state index in [0.29, 0.717) is 11.6 Å². The van der Waals surface area contributed by atoms with Gasteiger partial charge in [0.15, 0.2) is 0 Å². The molecule has 1 aromatic rings. The Hall–Kier alpha value is -2.37. The number of amides is 3. The molecule has 25 heavy (non-hydrogen) atoms. The zero-order chi connectivity index (χ0) is 17.6. The summed E-state index contributed by atoms with van der Waals surface area (Å²) < 4.78 is 12.8. The molecular formula is C19H24FN3O2. The molecular weight excluding hydrogens is 321 g/mol. The van der Waals surface area contributed by atoms with Gasteiger partial charge in [0.2, 0.25) is 5.91 Å². The van der Waals surface area contributed by atoms with Crippen molar-refractivity contribution < 1.29 is 14.0 Å². The second-order valence-electron chi connectivity index (χ2n) is 6.58. The minimum atomic E-state index is -0.396. The van der Waals surface area contributed by atoms with Gasteiger partial charge in [-0.2, -0.15) is 0 Å². The van der Waals surface area contributed by atoms with Gasteiger partial charge in [-0.1, -0.05) is 6.08 Å². The van der Waals surface area contributed by atoms with Crippen LogP contribution in [0.1, 0.15) is 38.5 Å². The fraction of sp³-hybridized carbons (Fsp3) is 0.474. The third-order valence-electron chi connectivity index (χ3n) is 4.80. The van der Waals surface area contributed by atoms with Crippen molar-refractivity contribution in [3.63, 3.8) is 0 Å². The first-order chi connectivity index (χ1) is 12.1. The van der Waals surface area contributed by atoms with Crippen molar-refractivity contribution in [2.45, 2.75) is 38.5 Å². The van der Waals surface area contributed by atoms with E-state index < -0.39 is 6.03 Å². The molecule has 1 saturated heterocycles. The van der Waals surface area contributed by atoms with E-state index in [4.69, 9.17) is 0 Å². The molecule has 0 saturated carbocycles. The summed E-state index contributed by atoms with van der Waals surface area (Å²) in [5.74, 6) is 0.245. The fourth-order valence-electron chi connectivity index (χ4n) is 3.57. The molecule has 2 aliphatic rings. The second-order valence-corrected chi connectivity index (χ2v) is 6.58. The van der Waals surface area contributed by atoms with Gasteiger partial charge < -0.3 is 15.5 Å². The average molecular weight is 345 g/mol. The van der Waals surface area contributed by atoms with Crippen LogP contribution in [-0.4, -0.2) is 29.9 Å². The zero-order valence-electron chi connectivity index (χ0n) is 14.3. The summed E-state index contributed by atoms with van der Waals surface area (Å²) in [6.07, 6.45) is 8.14. The lowest BCUT2D eigenvalue weighted by molar-refractivity contribution is -0.130. The topological polar surface area (TPSA) is 61.4 Å². The predicted molar refractivity (Wildman–Crippen MR) is 94.4 cm³/mol. The third kappa shape index (κ3) is 4.59. The lowest BCUT2D eigenvalue weighted by Gasteiger charge is -2.38. The molecule has 134 valence electrons. The number of likely N-dealkylation sites (tertiary alicyclic amines) is 1. The van der Waals surface area contributed by atoms with E-state index in [1.54, 1.807) is 0 Å². The summed E-state index contributed by atoms with van der Waals surface area (Å²) in [4.78, 5) is 26.2. The molecule has 0 spiro atoms. The van der Waals surface area contributed by atoms with Crippen LogP contribution < -0.4 is 10.6 Å². The number of urea groups is 1. The average Bonchev–Trinajstić information content (AvgIpc) is 2.63. The van der Waals surface area contributed by atoms with Crippen LogP contribution in [0.5, 0.6) is 0 Å². The van der Waals surface area contributed by atoms with Gasteiger partial charge in [-0.05, 0) is 62.3 Å². The monoisotopic (exact) mass is 345 g/mol. The first kappa shape index (κ1) is 17.5. The maximum atomic E-state index is 12.8. The maximum absolute atomic E-state index is 12.8. The number of hydrogen-bond donors (Lipinski definition) is 2. The summed E-state index contributed by atoms with van der Waals surface area (Å²) in [6.45, 7) is 1.06. The maximum Gasteiger partial charge on any atom is 0.319 e. The predicted octanol–water partition coefficient (Wildman–Crippen LogP) is 3.64. The number of halogens is 1. The Morgan fingerprint density at radius 2 is 1.92 bits per heavy atom. The number of hydrogen-bond acceptors (Lipinski definition) is 2. The molecule has 0 aromatic heterocycles. The highest BCUT2D eigenvalue weighted by atomic mass is 19.1. The van der Waals surface area contributed by atoms with E-state index in [-0.39, 0.29) is 24.7 Å². The zero-order valence-corrected chi connectivity index (χ0v) is 14.3. The van der Waals surface area contributed by atoms with Gasteiger partial charge in [-0.15, -0.1) is 0 Å². The highest BCUT2D eigenvalue weighted by Gasteiger charge is 2.29. The van der Waals surface area contributed by atoms with Crippen molar-refractivity contribution in [3.8, 4) is 0 Å². The fourth-order valence-corrected chi connectivity index (χ4v) is 3.57. The number of anilines is 1. The molecule has 2 N–H and O–H groups in total. The van der Waals surface area contributed by atoms with Gasteiger partial charge in [-0.3, -0.25) is 4.79 Å². The number of fused-ring (bicyclic) bond motifs is 1. The lowest BCUT2D eigenvalue weighted by Crippen LogP contribution is -2.40. The molecule has 6 heteroatoms. The molecule has 3 amide bonds. The molecule has 1 unspecified atom stereocenters. The molecule has 1 aliphatic heterocycles. The van der Waals surface area contributed by atoms with Crippen LogP contribution in [0.15, 0.2) is 36.0 Å². The summed E-state index contributed by atoms with van der Waals surface area (Å²) in [5, 5.41) is 5.29. The Balaban J connectivity index is 1.45. The van der Waals surface area contributed by atoms with Crippen molar-refractivity contribution in [2.24, 2.45) is 5.92 Å². The number of piperidine rings is 1. The first-order valence-corrected chi connectivity index (χ1v) is 8.94. The van der Waals surface area contributed by atoms with Crippen LogP contribution in [0.3, 0.4) is 0 Å². The van der Waals surface area contributed by atoms with E-state index in [9.17, 15) is 14.0 Å².